The number of rotatable bonds is 4. The fourth-order valence-corrected chi connectivity index (χ4v) is 4.05. The Labute approximate surface area is 174 Å². The molecule has 1 aromatic heterocycles. The topological polar surface area (TPSA) is 58.6 Å². The second-order valence-electron chi connectivity index (χ2n) is 7.04. The van der Waals surface area contributed by atoms with Gasteiger partial charge in [-0.25, -0.2) is 9.97 Å². The van der Waals surface area contributed by atoms with Gasteiger partial charge in [-0.05, 0) is 36.1 Å². The fraction of sp³-hybridized carbons (Fsp3) is 0.450. The number of anilines is 1. The van der Waals surface area contributed by atoms with Gasteiger partial charge in [0.05, 0.1) is 25.5 Å². The molecule has 1 amide bonds. The molecule has 1 saturated heterocycles. The maximum atomic E-state index is 12.7. The van der Waals surface area contributed by atoms with E-state index < -0.39 is 0 Å². The van der Waals surface area contributed by atoms with E-state index >= 15 is 0 Å². The second kappa shape index (κ2) is 8.64. The van der Waals surface area contributed by atoms with E-state index in [-0.39, 0.29) is 5.91 Å². The standard InChI is InChI=1S/C20H22Cl2N4O2/c21-16-3-1-14(17(22)11-16)2-4-19(27)26-6-5-15-12-23-20(24-18(15)13-26)25-7-9-28-10-8-25/h1,3,11-12H,2,4-10,13H2. The number of aryl methyl sites for hydroxylation is 1. The molecule has 28 heavy (non-hydrogen) atoms. The summed E-state index contributed by atoms with van der Waals surface area (Å²) >= 11 is 12.2. The van der Waals surface area contributed by atoms with E-state index in [0.717, 1.165) is 42.3 Å². The molecule has 0 saturated carbocycles. The van der Waals surface area contributed by atoms with Crippen molar-refractivity contribution in [3.8, 4) is 0 Å². The molecule has 2 aliphatic rings. The summed E-state index contributed by atoms with van der Waals surface area (Å²) in [5, 5.41) is 1.20. The number of morpholine rings is 1. The van der Waals surface area contributed by atoms with Crippen LogP contribution in [0.15, 0.2) is 24.4 Å². The van der Waals surface area contributed by atoms with Gasteiger partial charge in [-0.3, -0.25) is 4.79 Å². The molecule has 4 rings (SSSR count). The Hall–Kier alpha value is -1.89. The van der Waals surface area contributed by atoms with E-state index in [0.29, 0.717) is 49.2 Å². The molecule has 0 spiro atoms. The summed E-state index contributed by atoms with van der Waals surface area (Å²) in [6.45, 7) is 4.20. The minimum atomic E-state index is 0.114. The molecule has 3 heterocycles. The highest BCUT2D eigenvalue weighted by molar-refractivity contribution is 6.35. The van der Waals surface area contributed by atoms with Crippen LogP contribution in [0.1, 0.15) is 23.2 Å². The Kier molecular flexibility index (Phi) is 5.99. The third-order valence-corrected chi connectivity index (χ3v) is 5.79. The van der Waals surface area contributed by atoms with Crippen molar-refractivity contribution in [1.82, 2.24) is 14.9 Å². The van der Waals surface area contributed by atoms with Crippen LogP contribution in [0.4, 0.5) is 5.95 Å². The molecule has 0 N–H and O–H groups in total. The Morgan fingerprint density at radius 1 is 1.18 bits per heavy atom. The van der Waals surface area contributed by atoms with Crippen LogP contribution in [0.5, 0.6) is 0 Å². The lowest BCUT2D eigenvalue weighted by molar-refractivity contribution is -0.132. The highest BCUT2D eigenvalue weighted by atomic mass is 35.5. The molecule has 0 bridgehead atoms. The molecule has 0 aliphatic carbocycles. The number of benzene rings is 1. The van der Waals surface area contributed by atoms with Gasteiger partial charge in [-0.15, -0.1) is 0 Å². The second-order valence-corrected chi connectivity index (χ2v) is 7.89. The number of ether oxygens (including phenoxy) is 1. The maximum Gasteiger partial charge on any atom is 0.225 e. The average Bonchev–Trinajstić information content (AvgIpc) is 2.72. The molecule has 2 aromatic rings. The van der Waals surface area contributed by atoms with Crippen LogP contribution in [0.25, 0.3) is 0 Å². The number of halogens is 2. The van der Waals surface area contributed by atoms with Gasteiger partial charge in [-0.1, -0.05) is 29.3 Å². The summed E-state index contributed by atoms with van der Waals surface area (Å²) < 4.78 is 5.39. The van der Waals surface area contributed by atoms with Crippen molar-refractivity contribution >= 4 is 35.1 Å². The quantitative estimate of drug-likeness (QED) is 0.760. The molecule has 1 fully saturated rings. The third-order valence-electron chi connectivity index (χ3n) is 5.20. The SMILES string of the molecule is O=C(CCc1ccc(Cl)cc1Cl)N1CCc2cnc(N3CCOCC3)nc2C1. The molecule has 0 atom stereocenters. The fourth-order valence-electron chi connectivity index (χ4n) is 3.55. The summed E-state index contributed by atoms with van der Waals surface area (Å²) in [5.41, 5.74) is 3.01. The number of fused-ring (bicyclic) bond motifs is 1. The first-order valence-electron chi connectivity index (χ1n) is 9.49. The van der Waals surface area contributed by atoms with Gasteiger partial charge in [-0.2, -0.15) is 0 Å². The largest absolute Gasteiger partial charge is 0.378 e. The number of aromatic nitrogens is 2. The van der Waals surface area contributed by atoms with Crippen molar-refractivity contribution in [2.24, 2.45) is 0 Å². The summed E-state index contributed by atoms with van der Waals surface area (Å²) in [5.74, 6) is 0.840. The predicted molar refractivity (Wildman–Crippen MR) is 109 cm³/mol. The molecular weight excluding hydrogens is 399 g/mol. The first-order chi connectivity index (χ1) is 13.6. The van der Waals surface area contributed by atoms with Crippen LogP contribution in [0.2, 0.25) is 10.0 Å². The Morgan fingerprint density at radius 3 is 2.79 bits per heavy atom. The van der Waals surface area contributed by atoms with Gasteiger partial charge in [0.2, 0.25) is 11.9 Å². The highest BCUT2D eigenvalue weighted by Crippen LogP contribution is 2.24. The van der Waals surface area contributed by atoms with Gasteiger partial charge < -0.3 is 14.5 Å². The number of hydrogen-bond acceptors (Lipinski definition) is 5. The molecule has 8 heteroatoms. The molecular formula is C20H22Cl2N4O2. The number of hydrogen-bond donors (Lipinski definition) is 0. The lowest BCUT2D eigenvalue weighted by Crippen LogP contribution is -2.39. The van der Waals surface area contributed by atoms with Crippen molar-refractivity contribution in [3.63, 3.8) is 0 Å². The lowest BCUT2D eigenvalue weighted by atomic mass is 10.1. The molecule has 0 radical (unpaired) electrons. The van der Waals surface area contributed by atoms with E-state index in [1.54, 1.807) is 12.1 Å². The van der Waals surface area contributed by atoms with E-state index in [4.69, 9.17) is 32.9 Å². The predicted octanol–water partition coefficient (Wildman–Crippen LogP) is 3.14. The minimum absolute atomic E-state index is 0.114. The Bertz CT molecular complexity index is 871. The summed E-state index contributed by atoms with van der Waals surface area (Å²) in [4.78, 5) is 26.0. The van der Waals surface area contributed by atoms with Crippen molar-refractivity contribution in [1.29, 1.82) is 0 Å². The van der Waals surface area contributed by atoms with Crippen LogP contribution in [-0.2, 0) is 28.9 Å². The van der Waals surface area contributed by atoms with Crippen LogP contribution in [-0.4, -0.2) is 53.6 Å². The number of carbonyl (C=O) groups excluding carboxylic acids is 1. The van der Waals surface area contributed by atoms with Gasteiger partial charge in [0, 0.05) is 42.3 Å². The van der Waals surface area contributed by atoms with Crippen molar-refractivity contribution in [2.45, 2.75) is 25.8 Å². The molecule has 148 valence electrons. The normalized spacial score (nSPS) is 16.8. The maximum absolute atomic E-state index is 12.7. The van der Waals surface area contributed by atoms with Crippen molar-refractivity contribution < 1.29 is 9.53 Å². The van der Waals surface area contributed by atoms with Gasteiger partial charge in [0.25, 0.3) is 0 Å². The van der Waals surface area contributed by atoms with Crippen LogP contribution in [0.3, 0.4) is 0 Å². The smallest absolute Gasteiger partial charge is 0.225 e. The zero-order valence-electron chi connectivity index (χ0n) is 15.5. The zero-order valence-corrected chi connectivity index (χ0v) is 17.0. The van der Waals surface area contributed by atoms with Crippen molar-refractivity contribution in [3.05, 3.63) is 51.3 Å². The molecule has 2 aliphatic heterocycles. The minimum Gasteiger partial charge on any atom is -0.378 e. The summed E-state index contributed by atoms with van der Waals surface area (Å²) in [6, 6.07) is 5.39. The highest BCUT2D eigenvalue weighted by Gasteiger charge is 2.24. The molecule has 0 unspecified atom stereocenters. The van der Waals surface area contributed by atoms with E-state index in [1.165, 1.54) is 0 Å². The molecule has 6 nitrogen and oxygen atoms in total. The van der Waals surface area contributed by atoms with Gasteiger partial charge in [0.15, 0.2) is 0 Å². The van der Waals surface area contributed by atoms with E-state index in [1.807, 2.05) is 17.2 Å². The van der Waals surface area contributed by atoms with Gasteiger partial charge in [0.1, 0.15) is 0 Å². The monoisotopic (exact) mass is 420 g/mol. The number of amides is 1. The summed E-state index contributed by atoms with van der Waals surface area (Å²) in [6.07, 6.45) is 3.70. The van der Waals surface area contributed by atoms with E-state index in [2.05, 4.69) is 9.88 Å². The lowest BCUT2D eigenvalue weighted by Gasteiger charge is -2.31. The van der Waals surface area contributed by atoms with Gasteiger partial charge >= 0.3 is 0 Å². The molecule has 1 aromatic carbocycles. The Balaban J connectivity index is 1.40. The van der Waals surface area contributed by atoms with E-state index in [9.17, 15) is 4.79 Å². The zero-order chi connectivity index (χ0) is 19.5. The van der Waals surface area contributed by atoms with Crippen LogP contribution >= 0.6 is 23.2 Å². The Morgan fingerprint density at radius 2 is 2.00 bits per heavy atom. The van der Waals surface area contributed by atoms with Crippen molar-refractivity contribution in [2.75, 3.05) is 37.7 Å². The average molecular weight is 421 g/mol. The third kappa shape index (κ3) is 4.40. The van der Waals surface area contributed by atoms with Crippen LogP contribution < -0.4 is 4.90 Å². The number of carbonyl (C=O) groups is 1. The summed E-state index contributed by atoms with van der Waals surface area (Å²) in [7, 11) is 0. The first-order valence-corrected chi connectivity index (χ1v) is 10.2. The number of nitrogens with zero attached hydrogens (tertiary/aromatic N) is 4. The first kappa shape index (κ1) is 19.4. The van der Waals surface area contributed by atoms with Crippen LogP contribution in [0, 0.1) is 0 Å².